The second-order valence-electron chi connectivity index (χ2n) is 4.90. The third-order valence-electron chi connectivity index (χ3n) is 1.92. The number of rotatable bonds is 2. The quantitative estimate of drug-likeness (QED) is 0.508. The molecule has 0 aromatic carbocycles. The number of aromatic nitrogens is 2. The fourth-order valence-corrected chi connectivity index (χ4v) is 1.22. The van der Waals surface area contributed by atoms with Crippen LogP contribution in [0.1, 0.15) is 32.2 Å². The zero-order valence-electron chi connectivity index (χ0n) is 10.7. The van der Waals surface area contributed by atoms with Crippen LogP contribution in [-0.4, -0.2) is 21.5 Å². The first-order valence-corrected chi connectivity index (χ1v) is 5.41. The Bertz CT molecular complexity index is 469. The van der Waals surface area contributed by atoms with Gasteiger partial charge in [-0.2, -0.15) is 0 Å². The molecule has 0 atom stereocenters. The lowest BCUT2D eigenvalue weighted by Crippen LogP contribution is -2.45. The lowest BCUT2D eigenvalue weighted by atomic mass is 10.1. The maximum atomic E-state index is 11.5. The van der Waals surface area contributed by atoms with Gasteiger partial charge >= 0.3 is 0 Å². The van der Waals surface area contributed by atoms with Crippen LogP contribution in [0.4, 0.5) is 0 Å². The van der Waals surface area contributed by atoms with Gasteiger partial charge in [0.25, 0.3) is 5.56 Å². The van der Waals surface area contributed by atoms with Gasteiger partial charge in [-0.25, -0.2) is 9.98 Å². The minimum Gasteiger partial charge on any atom is -0.370 e. The maximum Gasteiger partial charge on any atom is 0.255 e. The number of nitrogens with two attached hydrogens (primary N) is 1. The van der Waals surface area contributed by atoms with E-state index in [1.807, 2.05) is 20.8 Å². The molecule has 6 heteroatoms. The first-order valence-electron chi connectivity index (χ1n) is 5.41. The lowest BCUT2D eigenvalue weighted by molar-refractivity contribution is 0.508. The molecule has 1 rings (SSSR count). The minimum atomic E-state index is -0.176. The van der Waals surface area contributed by atoms with E-state index >= 15 is 0 Å². The Morgan fingerprint density at radius 2 is 2.24 bits per heavy atom. The Morgan fingerprint density at radius 1 is 1.59 bits per heavy atom. The normalized spacial score (nSPS) is 12.6. The number of aromatic amines is 1. The van der Waals surface area contributed by atoms with E-state index in [1.54, 1.807) is 6.92 Å². The molecule has 0 spiro atoms. The van der Waals surface area contributed by atoms with Crippen molar-refractivity contribution in [3.05, 3.63) is 27.9 Å². The summed E-state index contributed by atoms with van der Waals surface area (Å²) < 4.78 is 0. The largest absolute Gasteiger partial charge is 0.370 e. The van der Waals surface area contributed by atoms with Crippen LogP contribution in [-0.2, 0) is 6.54 Å². The van der Waals surface area contributed by atoms with Crippen molar-refractivity contribution < 1.29 is 0 Å². The minimum absolute atomic E-state index is 0.147. The fraction of sp³-hybridized carbons (Fsp3) is 0.545. The van der Waals surface area contributed by atoms with Crippen LogP contribution in [0.25, 0.3) is 0 Å². The Morgan fingerprint density at radius 3 is 2.76 bits per heavy atom. The van der Waals surface area contributed by atoms with Gasteiger partial charge in [-0.1, -0.05) is 0 Å². The molecule has 0 aliphatic rings. The van der Waals surface area contributed by atoms with Crippen LogP contribution in [0, 0.1) is 6.92 Å². The molecule has 94 valence electrons. The molecule has 1 heterocycles. The molecule has 0 saturated heterocycles. The van der Waals surface area contributed by atoms with Crippen molar-refractivity contribution in [2.24, 2.45) is 10.7 Å². The summed E-state index contributed by atoms with van der Waals surface area (Å²) in [7, 11) is 0. The summed E-state index contributed by atoms with van der Waals surface area (Å²) in [6.45, 7) is 7.89. The van der Waals surface area contributed by atoms with E-state index < -0.39 is 0 Å². The van der Waals surface area contributed by atoms with Crippen LogP contribution in [0.5, 0.6) is 0 Å². The standard InChI is InChI=1S/C11H19N5O/c1-7-13-5-8(9(17)15-7)6-14-10(12)16-11(2,3)4/h5H,6H2,1-4H3,(H3,12,14,16)(H,13,15,17). The van der Waals surface area contributed by atoms with Crippen LogP contribution in [0.2, 0.25) is 0 Å². The molecular weight excluding hydrogens is 218 g/mol. The van der Waals surface area contributed by atoms with Gasteiger partial charge in [-0.3, -0.25) is 4.79 Å². The number of nitrogens with zero attached hydrogens (tertiary/aromatic N) is 2. The summed E-state index contributed by atoms with van der Waals surface area (Å²) in [5, 5.41) is 3.02. The van der Waals surface area contributed by atoms with Gasteiger partial charge in [0.2, 0.25) is 0 Å². The monoisotopic (exact) mass is 237 g/mol. The highest BCUT2D eigenvalue weighted by molar-refractivity contribution is 5.78. The molecule has 0 aliphatic carbocycles. The Hall–Kier alpha value is -1.85. The third kappa shape index (κ3) is 4.67. The number of aryl methyl sites for hydroxylation is 1. The summed E-state index contributed by atoms with van der Waals surface area (Å²) in [5.74, 6) is 0.904. The smallest absolute Gasteiger partial charge is 0.255 e. The van der Waals surface area contributed by atoms with E-state index in [2.05, 4.69) is 20.3 Å². The zero-order chi connectivity index (χ0) is 13.1. The molecule has 0 fully saturated rings. The second-order valence-corrected chi connectivity index (χ2v) is 4.90. The summed E-state index contributed by atoms with van der Waals surface area (Å²) in [6, 6.07) is 0. The van der Waals surface area contributed by atoms with Crippen molar-refractivity contribution in [3.8, 4) is 0 Å². The zero-order valence-corrected chi connectivity index (χ0v) is 10.7. The van der Waals surface area contributed by atoms with E-state index in [-0.39, 0.29) is 17.6 Å². The average molecular weight is 237 g/mol. The first-order chi connectivity index (χ1) is 7.78. The molecule has 0 saturated carbocycles. The van der Waals surface area contributed by atoms with Crippen molar-refractivity contribution in [1.29, 1.82) is 0 Å². The predicted molar refractivity (Wildman–Crippen MR) is 67.8 cm³/mol. The number of hydrogen-bond donors (Lipinski definition) is 3. The molecule has 17 heavy (non-hydrogen) atoms. The number of aliphatic imine (C=N–C) groups is 1. The molecule has 0 bridgehead atoms. The Labute approximate surface area is 100 Å². The van der Waals surface area contributed by atoms with E-state index in [4.69, 9.17) is 5.73 Å². The van der Waals surface area contributed by atoms with Gasteiger partial charge in [-0.15, -0.1) is 0 Å². The van der Waals surface area contributed by atoms with Gasteiger partial charge in [0, 0.05) is 11.7 Å². The average Bonchev–Trinajstić information content (AvgIpc) is 2.13. The van der Waals surface area contributed by atoms with Crippen molar-refractivity contribution in [3.63, 3.8) is 0 Å². The molecule has 1 aromatic heterocycles. The predicted octanol–water partition coefficient (Wildman–Crippen LogP) is 0.281. The van der Waals surface area contributed by atoms with Crippen molar-refractivity contribution >= 4 is 5.96 Å². The highest BCUT2D eigenvalue weighted by Crippen LogP contribution is 1.98. The van der Waals surface area contributed by atoms with Gasteiger partial charge in [-0.05, 0) is 27.7 Å². The van der Waals surface area contributed by atoms with E-state index in [1.165, 1.54) is 6.20 Å². The summed E-state index contributed by atoms with van der Waals surface area (Å²) in [5.41, 5.74) is 5.87. The molecule has 0 aliphatic heterocycles. The topological polar surface area (TPSA) is 96.2 Å². The highest BCUT2D eigenvalue weighted by atomic mass is 16.1. The third-order valence-corrected chi connectivity index (χ3v) is 1.92. The molecule has 4 N–H and O–H groups in total. The van der Waals surface area contributed by atoms with Gasteiger partial charge < -0.3 is 16.0 Å². The number of hydrogen-bond acceptors (Lipinski definition) is 3. The van der Waals surface area contributed by atoms with E-state index in [0.29, 0.717) is 17.3 Å². The van der Waals surface area contributed by atoms with Gasteiger partial charge in [0.15, 0.2) is 5.96 Å². The van der Waals surface area contributed by atoms with Crippen LogP contribution in [0.15, 0.2) is 16.0 Å². The number of guanidine groups is 1. The van der Waals surface area contributed by atoms with Gasteiger partial charge in [0.05, 0.1) is 12.1 Å². The molecule has 0 amide bonds. The summed E-state index contributed by atoms with van der Waals surface area (Å²) in [4.78, 5) is 22.2. The molecule has 6 nitrogen and oxygen atoms in total. The second kappa shape index (κ2) is 4.99. The van der Waals surface area contributed by atoms with Crippen molar-refractivity contribution in [1.82, 2.24) is 15.3 Å². The van der Waals surface area contributed by atoms with E-state index in [9.17, 15) is 4.79 Å². The molecule has 0 unspecified atom stereocenters. The van der Waals surface area contributed by atoms with Crippen LogP contribution in [0.3, 0.4) is 0 Å². The van der Waals surface area contributed by atoms with Gasteiger partial charge in [0.1, 0.15) is 5.82 Å². The highest BCUT2D eigenvalue weighted by Gasteiger charge is 2.09. The SMILES string of the molecule is Cc1ncc(CN=C(N)NC(C)(C)C)c(=O)[nH]1. The first kappa shape index (κ1) is 13.2. The molecular formula is C11H19N5O. The van der Waals surface area contributed by atoms with Crippen molar-refractivity contribution in [2.45, 2.75) is 39.8 Å². The lowest BCUT2D eigenvalue weighted by Gasteiger charge is -2.20. The molecule has 0 radical (unpaired) electrons. The van der Waals surface area contributed by atoms with Crippen LogP contribution < -0.4 is 16.6 Å². The Balaban J connectivity index is 2.73. The number of nitrogens with one attached hydrogen (secondary N) is 2. The fourth-order valence-electron chi connectivity index (χ4n) is 1.22. The Kier molecular flexibility index (Phi) is 3.88. The van der Waals surface area contributed by atoms with E-state index in [0.717, 1.165) is 0 Å². The molecule has 1 aromatic rings. The van der Waals surface area contributed by atoms with Crippen molar-refractivity contribution in [2.75, 3.05) is 0 Å². The number of H-pyrrole nitrogens is 1. The summed E-state index contributed by atoms with van der Waals surface area (Å²) >= 11 is 0. The summed E-state index contributed by atoms with van der Waals surface area (Å²) in [6.07, 6.45) is 1.52. The van der Waals surface area contributed by atoms with Crippen LogP contribution >= 0.6 is 0 Å². The maximum absolute atomic E-state index is 11.5.